The molecule has 0 aliphatic rings. The molecular formula is C14H13BrN4S. The molecule has 3 heterocycles. The molecule has 0 aliphatic heterocycles. The molecule has 0 fully saturated rings. The SMILES string of the molecule is Cc1nc(C)c(CNc2ccnc3cc(Br)cnc23)s1. The number of nitrogens with zero attached hydrogens (tertiary/aromatic N) is 3. The van der Waals surface area contributed by atoms with Gasteiger partial charge in [0.15, 0.2) is 0 Å². The number of aromatic nitrogens is 3. The molecule has 0 aromatic carbocycles. The lowest BCUT2D eigenvalue weighted by molar-refractivity contribution is 1.11. The fourth-order valence-electron chi connectivity index (χ4n) is 2.06. The number of thiazole rings is 1. The minimum absolute atomic E-state index is 0.758. The Morgan fingerprint density at radius 1 is 1.30 bits per heavy atom. The van der Waals surface area contributed by atoms with Crippen LogP contribution in [0, 0.1) is 13.8 Å². The Morgan fingerprint density at radius 3 is 2.90 bits per heavy atom. The topological polar surface area (TPSA) is 50.7 Å². The average molecular weight is 349 g/mol. The Balaban J connectivity index is 1.89. The summed E-state index contributed by atoms with van der Waals surface area (Å²) in [4.78, 5) is 14.5. The Morgan fingerprint density at radius 2 is 2.15 bits per heavy atom. The summed E-state index contributed by atoms with van der Waals surface area (Å²) in [5.74, 6) is 0. The van der Waals surface area contributed by atoms with E-state index in [1.807, 2.05) is 26.0 Å². The van der Waals surface area contributed by atoms with E-state index in [0.29, 0.717) is 0 Å². The molecule has 20 heavy (non-hydrogen) atoms. The number of aryl methyl sites for hydroxylation is 2. The molecule has 0 unspecified atom stereocenters. The van der Waals surface area contributed by atoms with Crippen LogP contribution < -0.4 is 5.32 Å². The zero-order valence-electron chi connectivity index (χ0n) is 11.1. The molecule has 3 aromatic rings. The van der Waals surface area contributed by atoms with Crippen LogP contribution in [0.5, 0.6) is 0 Å². The Hall–Kier alpha value is -1.53. The van der Waals surface area contributed by atoms with Gasteiger partial charge in [-0.05, 0) is 41.9 Å². The second-order valence-corrected chi connectivity index (χ2v) is 6.68. The number of nitrogens with one attached hydrogen (secondary N) is 1. The highest BCUT2D eigenvalue weighted by Crippen LogP contribution is 2.24. The highest BCUT2D eigenvalue weighted by molar-refractivity contribution is 9.10. The van der Waals surface area contributed by atoms with Crippen LogP contribution in [0.2, 0.25) is 0 Å². The maximum atomic E-state index is 4.44. The number of hydrogen-bond acceptors (Lipinski definition) is 5. The van der Waals surface area contributed by atoms with Crippen LogP contribution in [0.25, 0.3) is 11.0 Å². The van der Waals surface area contributed by atoms with E-state index in [9.17, 15) is 0 Å². The fourth-order valence-corrected chi connectivity index (χ4v) is 3.26. The third kappa shape index (κ3) is 2.66. The first kappa shape index (κ1) is 13.5. The maximum Gasteiger partial charge on any atom is 0.112 e. The minimum Gasteiger partial charge on any atom is -0.378 e. The third-order valence-electron chi connectivity index (χ3n) is 2.98. The number of pyridine rings is 2. The van der Waals surface area contributed by atoms with Crippen LogP contribution in [0.15, 0.2) is 29.0 Å². The van der Waals surface area contributed by atoms with Gasteiger partial charge in [0.25, 0.3) is 0 Å². The molecule has 0 atom stereocenters. The van der Waals surface area contributed by atoms with Gasteiger partial charge in [0.05, 0.1) is 28.5 Å². The molecule has 0 saturated heterocycles. The van der Waals surface area contributed by atoms with Crippen molar-refractivity contribution in [2.24, 2.45) is 0 Å². The van der Waals surface area contributed by atoms with E-state index in [0.717, 1.165) is 38.4 Å². The van der Waals surface area contributed by atoms with Crippen LogP contribution >= 0.6 is 27.3 Å². The maximum absolute atomic E-state index is 4.44. The first-order chi connectivity index (χ1) is 9.63. The summed E-state index contributed by atoms with van der Waals surface area (Å²) in [6.07, 6.45) is 3.58. The second-order valence-electron chi connectivity index (χ2n) is 4.47. The first-order valence-corrected chi connectivity index (χ1v) is 7.81. The molecule has 6 heteroatoms. The van der Waals surface area contributed by atoms with Crippen molar-refractivity contribution >= 4 is 44.0 Å². The Kier molecular flexibility index (Phi) is 3.67. The van der Waals surface area contributed by atoms with Crippen molar-refractivity contribution in [1.29, 1.82) is 0 Å². The van der Waals surface area contributed by atoms with Gasteiger partial charge in [0, 0.05) is 21.7 Å². The zero-order valence-corrected chi connectivity index (χ0v) is 13.5. The first-order valence-electron chi connectivity index (χ1n) is 6.20. The molecule has 0 spiro atoms. The predicted octanol–water partition coefficient (Wildman–Crippen LogP) is 4.08. The van der Waals surface area contributed by atoms with Crippen molar-refractivity contribution in [3.63, 3.8) is 0 Å². The van der Waals surface area contributed by atoms with Crippen molar-refractivity contribution in [2.75, 3.05) is 5.32 Å². The molecule has 4 nitrogen and oxygen atoms in total. The van der Waals surface area contributed by atoms with Gasteiger partial charge in [0.1, 0.15) is 5.52 Å². The standard InChI is InChI=1S/C14H13BrN4S/c1-8-13(20-9(2)19-8)7-17-11-3-4-16-12-5-10(15)6-18-14(11)12/h3-6H,7H2,1-2H3,(H,16,17). The average Bonchev–Trinajstić information content (AvgIpc) is 2.74. The van der Waals surface area contributed by atoms with Crippen molar-refractivity contribution in [1.82, 2.24) is 15.0 Å². The summed E-state index contributed by atoms with van der Waals surface area (Å²) < 4.78 is 0.934. The molecule has 3 rings (SSSR count). The van der Waals surface area contributed by atoms with Gasteiger partial charge >= 0.3 is 0 Å². The second kappa shape index (κ2) is 5.46. The number of hydrogen-bond donors (Lipinski definition) is 1. The van der Waals surface area contributed by atoms with E-state index < -0.39 is 0 Å². The summed E-state index contributed by atoms with van der Waals surface area (Å²) in [6, 6.07) is 3.92. The van der Waals surface area contributed by atoms with E-state index in [-0.39, 0.29) is 0 Å². The Bertz CT molecular complexity index is 769. The molecule has 0 bridgehead atoms. The van der Waals surface area contributed by atoms with Crippen molar-refractivity contribution < 1.29 is 0 Å². The van der Waals surface area contributed by atoms with E-state index >= 15 is 0 Å². The van der Waals surface area contributed by atoms with E-state index in [4.69, 9.17) is 0 Å². The lowest BCUT2D eigenvalue weighted by Crippen LogP contribution is -2.01. The van der Waals surface area contributed by atoms with Gasteiger partial charge in [-0.3, -0.25) is 9.97 Å². The molecule has 0 aliphatic carbocycles. The monoisotopic (exact) mass is 348 g/mol. The van der Waals surface area contributed by atoms with E-state index in [2.05, 4.69) is 36.2 Å². The molecule has 1 N–H and O–H groups in total. The van der Waals surface area contributed by atoms with Gasteiger partial charge in [-0.25, -0.2) is 4.98 Å². The van der Waals surface area contributed by atoms with Crippen molar-refractivity contribution in [3.05, 3.63) is 44.6 Å². The summed E-state index contributed by atoms with van der Waals surface area (Å²) in [5, 5.41) is 4.53. The zero-order chi connectivity index (χ0) is 14.1. The van der Waals surface area contributed by atoms with Crippen LogP contribution in [-0.4, -0.2) is 15.0 Å². The van der Waals surface area contributed by atoms with Crippen LogP contribution in [-0.2, 0) is 6.54 Å². The summed E-state index contributed by atoms with van der Waals surface area (Å²) in [7, 11) is 0. The van der Waals surface area contributed by atoms with Crippen LogP contribution in [0.1, 0.15) is 15.6 Å². The summed E-state index contributed by atoms with van der Waals surface area (Å²) >= 11 is 5.14. The fraction of sp³-hybridized carbons (Fsp3) is 0.214. The summed E-state index contributed by atoms with van der Waals surface area (Å²) in [6.45, 7) is 4.83. The Labute approximate surface area is 129 Å². The van der Waals surface area contributed by atoms with Gasteiger partial charge < -0.3 is 5.32 Å². The highest BCUT2D eigenvalue weighted by Gasteiger charge is 2.07. The molecule has 102 valence electrons. The van der Waals surface area contributed by atoms with Crippen molar-refractivity contribution in [3.8, 4) is 0 Å². The van der Waals surface area contributed by atoms with Gasteiger partial charge in [-0.15, -0.1) is 11.3 Å². The largest absolute Gasteiger partial charge is 0.378 e. The smallest absolute Gasteiger partial charge is 0.112 e. The van der Waals surface area contributed by atoms with E-state index in [1.165, 1.54) is 4.88 Å². The minimum atomic E-state index is 0.758. The number of fused-ring (bicyclic) bond motifs is 1. The molecule has 0 amide bonds. The number of anilines is 1. The van der Waals surface area contributed by atoms with Gasteiger partial charge in [-0.1, -0.05) is 0 Å². The van der Waals surface area contributed by atoms with E-state index in [1.54, 1.807) is 23.7 Å². The quantitative estimate of drug-likeness (QED) is 0.774. The normalized spacial score (nSPS) is 10.9. The predicted molar refractivity (Wildman–Crippen MR) is 86.2 cm³/mol. The lowest BCUT2D eigenvalue weighted by Gasteiger charge is -2.08. The molecule has 0 radical (unpaired) electrons. The van der Waals surface area contributed by atoms with Crippen molar-refractivity contribution in [2.45, 2.75) is 20.4 Å². The molecular weight excluding hydrogens is 336 g/mol. The lowest BCUT2D eigenvalue weighted by atomic mass is 10.2. The van der Waals surface area contributed by atoms with Crippen LogP contribution in [0.3, 0.4) is 0 Å². The van der Waals surface area contributed by atoms with Crippen LogP contribution in [0.4, 0.5) is 5.69 Å². The highest BCUT2D eigenvalue weighted by atomic mass is 79.9. The third-order valence-corrected chi connectivity index (χ3v) is 4.49. The van der Waals surface area contributed by atoms with Gasteiger partial charge in [0.2, 0.25) is 0 Å². The van der Waals surface area contributed by atoms with Gasteiger partial charge in [-0.2, -0.15) is 0 Å². The molecule has 3 aromatic heterocycles. The number of halogens is 1. The molecule has 0 saturated carbocycles. The number of rotatable bonds is 3. The summed E-state index contributed by atoms with van der Waals surface area (Å²) in [5.41, 5.74) is 3.85.